The van der Waals surface area contributed by atoms with Gasteiger partial charge in [-0.2, -0.15) is 9.59 Å². The second kappa shape index (κ2) is 6.40. The minimum absolute atomic E-state index is 0.224. The number of carbonyl (C=O) groups excluding carboxylic acids is 1. The summed E-state index contributed by atoms with van der Waals surface area (Å²) in [6, 6.07) is -0.244. The molecule has 2 aliphatic rings. The van der Waals surface area contributed by atoms with Crippen LogP contribution in [0.4, 0.5) is 9.59 Å². The minimum Gasteiger partial charge on any atom is -0.435 e. The first-order valence-corrected chi connectivity index (χ1v) is 9.09. The molecule has 22 heavy (non-hydrogen) atoms. The van der Waals surface area contributed by atoms with Crippen molar-refractivity contribution in [1.82, 2.24) is 0 Å². The van der Waals surface area contributed by atoms with Crippen LogP contribution < -0.4 is 0 Å². The summed E-state index contributed by atoms with van der Waals surface area (Å²) in [5.41, 5.74) is -0.672. The molecular weight excluding hydrogens is 302 g/mol. The fraction of sp³-hybridized carbons (Fsp3) is 0.875. The van der Waals surface area contributed by atoms with Gasteiger partial charge in [-0.15, -0.1) is 16.2 Å². The van der Waals surface area contributed by atoms with Gasteiger partial charge in [-0.1, -0.05) is 12.8 Å². The van der Waals surface area contributed by atoms with Crippen LogP contribution in [-0.2, 0) is 4.74 Å². The van der Waals surface area contributed by atoms with Crippen molar-refractivity contribution in [2.45, 2.75) is 81.9 Å². The fourth-order valence-electron chi connectivity index (χ4n) is 3.47. The molecule has 5 nitrogen and oxygen atoms in total. The molecule has 0 aromatic rings. The maximum atomic E-state index is 12.6. The zero-order valence-corrected chi connectivity index (χ0v) is 14.8. The fourth-order valence-corrected chi connectivity index (χ4v) is 5.33. The third kappa shape index (κ3) is 3.59. The quantitative estimate of drug-likeness (QED) is 0.767. The molecule has 2 fully saturated rings. The highest BCUT2D eigenvalue weighted by molar-refractivity contribution is 8.00. The number of carbonyl (C=O) groups is 2. The van der Waals surface area contributed by atoms with Gasteiger partial charge in [0.15, 0.2) is 0 Å². The molecule has 1 aliphatic carbocycles. The van der Waals surface area contributed by atoms with Gasteiger partial charge in [-0.25, -0.2) is 0 Å². The molecule has 1 N–H and O–H groups in total. The third-order valence-corrected chi connectivity index (χ3v) is 6.18. The number of carboxylic acid groups (broad SMARTS) is 1. The van der Waals surface area contributed by atoms with Crippen LogP contribution >= 0.6 is 11.8 Å². The lowest BCUT2D eigenvalue weighted by atomic mass is 10.2. The van der Waals surface area contributed by atoms with Gasteiger partial charge in [0.05, 0.1) is 5.25 Å². The Bertz CT molecular complexity index is 442. The molecule has 6 heteroatoms. The number of nitrogens with zero attached hydrogens (tertiary/aromatic N) is 1. The predicted octanol–water partition coefficient (Wildman–Crippen LogP) is 4.25. The molecule has 0 aromatic heterocycles. The van der Waals surface area contributed by atoms with Gasteiger partial charge in [0.2, 0.25) is 0 Å². The van der Waals surface area contributed by atoms with Gasteiger partial charge >= 0.3 is 12.2 Å². The Morgan fingerprint density at radius 3 is 2.27 bits per heavy atom. The number of hydrogen-bond donors (Lipinski definition) is 1. The summed E-state index contributed by atoms with van der Waals surface area (Å²) in [5, 5.41) is 10.6. The van der Waals surface area contributed by atoms with Crippen molar-refractivity contribution < 1.29 is 23.9 Å². The molecule has 2 amide bonds. The number of amides is 2. The molecular formula is C16H28NO4S+. The number of quaternary nitrogens is 1. The summed E-state index contributed by atoms with van der Waals surface area (Å²) < 4.78 is 4.84. The summed E-state index contributed by atoms with van der Waals surface area (Å²) >= 11 is 1.89. The summed E-state index contributed by atoms with van der Waals surface area (Å²) in [7, 11) is 0. The smallest absolute Gasteiger partial charge is 0.435 e. The van der Waals surface area contributed by atoms with Crippen LogP contribution in [0, 0.1) is 0 Å². The number of likely N-dealkylation sites (tertiary alicyclic amines) is 1. The van der Waals surface area contributed by atoms with E-state index in [-0.39, 0.29) is 11.3 Å². The standard InChI is InChI=1S/C16H27NO4S/c1-11-9-13(22-12-7-5-6-8-12)10-17(11,14(18)19)15(20)21-16(2,3)4/h11-13H,5-10H2,1-4H3/p+1/t11?,13-,17?/m1/s1. The Labute approximate surface area is 137 Å². The monoisotopic (exact) mass is 330 g/mol. The molecule has 0 radical (unpaired) electrons. The Morgan fingerprint density at radius 2 is 1.77 bits per heavy atom. The summed E-state index contributed by atoms with van der Waals surface area (Å²) in [4.78, 5) is 24.5. The van der Waals surface area contributed by atoms with Crippen molar-refractivity contribution in [3.8, 4) is 0 Å². The molecule has 126 valence electrons. The third-order valence-electron chi connectivity index (χ3n) is 4.60. The van der Waals surface area contributed by atoms with Crippen molar-refractivity contribution in [1.29, 1.82) is 0 Å². The van der Waals surface area contributed by atoms with Crippen LogP contribution in [0.1, 0.15) is 59.8 Å². The van der Waals surface area contributed by atoms with Gasteiger partial charge in [-0.05, 0) is 40.5 Å². The van der Waals surface area contributed by atoms with Crippen LogP contribution in [0.15, 0.2) is 0 Å². The van der Waals surface area contributed by atoms with Crippen molar-refractivity contribution >= 4 is 23.9 Å². The Hall–Kier alpha value is -0.750. The van der Waals surface area contributed by atoms with E-state index in [1.54, 1.807) is 20.8 Å². The number of ether oxygens (including phenoxy) is 1. The second-order valence-corrected chi connectivity index (χ2v) is 9.17. The summed E-state index contributed by atoms with van der Waals surface area (Å²) in [6.07, 6.45) is 4.02. The van der Waals surface area contributed by atoms with Crippen molar-refractivity contribution in [3.05, 3.63) is 0 Å². The van der Waals surface area contributed by atoms with Gasteiger partial charge < -0.3 is 9.84 Å². The molecule has 0 aromatic carbocycles. The van der Waals surface area contributed by atoms with Gasteiger partial charge in [0, 0.05) is 11.7 Å². The maximum Gasteiger partial charge on any atom is 0.527 e. The largest absolute Gasteiger partial charge is 0.527 e. The molecule has 0 spiro atoms. The van der Waals surface area contributed by atoms with E-state index in [1.165, 1.54) is 25.7 Å². The highest BCUT2D eigenvalue weighted by Gasteiger charge is 2.59. The van der Waals surface area contributed by atoms with Crippen molar-refractivity contribution in [2.24, 2.45) is 0 Å². The molecule has 1 aliphatic heterocycles. The first-order chi connectivity index (χ1) is 10.1. The highest BCUT2D eigenvalue weighted by Crippen LogP contribution is 2.41. The maximum absolute atomic E-state index is 12.6. The van der Waals surface area contributed by atoms with E-state index in [9.17, 15) is 14.7 Å². The lowest BCUT2D eigenvalue weighted by Gasteiger charge is -2.31. The summed E-state index contributed by atoms with van der Waals surface area (Å²) in [5.74, 6) is 0. The Morgan fingerprint density at radius 1 is 1.18 bits per heavy atom. The lowest BCUT2D eigenvalue weighted by Crippen LogP contribution is -2.60. The predicted molar refractivity (Wildman–Crippen MR) is 87.1 cm³/mol. The van der Waals surface area contributed by atoms with E-state index < -0.39 is 22.3 Å². The van der Waals surface area contributed by atoms with Crippen LogP contribution in [0.2, 0.25) is 0 Å². The van der Waals surface area contributed by atoms with Crippen LogP contribution in [0.3, 0.4) is 0 Å². The van der Waals surface area contributed by atoms with Gasteiger partial charge in [-0.3, -0.25) is 0 Å². The number of imide groups is 1. The topological polar surface area (TPSA) is 63.6 Å². The van der Waals surface area contributed by atoms with E-state index in [0.29, 0.717) is 11.8 Å². The van der Waals surface area contributed by atoms with Crippen molar-refractivity contribution in [3.63, 3.8) is 0 Å². The zero-order chi connectivity index (χ0) is 16.5. The van der Waals surface area contributed by atoms with E-state index in [0.717, 1.165) is 6.42 Å². The van der Waals surface area contributed by atoms with Crippen LogP contribution in [0.5, 0.6) is 0 Å². The molecule has 2 unspecified atom stereocenters. The normalized spacial score (nSPS) is 33.1. The van der Waals surface area contributed by atoms with Crippen molar-refractivity contribution in [2.75, 3.05) is 6.54 Å². The molecule has 1 heterocycles. The molecule has 2 rings (SSSR count). The second-order valence-electron chi connectivity index (χ2n) is 7.56. The van der Waals surface area contributed by atoms with Crippen LogP contribution in [0.25, 0.3) is 0 Å². The summed E-state index contributed by atoms with van der Waals surface area (Å²) in [6.45, 7) is 7.51. The SMILES string of the molecule is CC1C[C@@H](SC2CCCC2)C[N+]1(C(=O)O)C(=O)OC(C)(C)C. The number of thioether (sulfide) groups is 1. The Balaban J connectivity index is 2.12. The molecule has 1 saturated carbocycles. The highest BCUT2D eigenvalue weighted by atomic mass is 32.2. The average Bonchev–Trinajstić information content (AvgIpc) is 2.95. The van der Waals surface area contributed by atoms with Crippen LogP contribution in [-0.4, -0.2) is 50.5 Å². The van der Waals surface area contributed by atoms with E-state index >= 15 is 0 Å². The minimum atomic E-state index is -1.09. The molecule has 1 saturated heterocycles. The first kappa shape index (κ1) is 17.6. The number of rotatable bonds is 2. The van der Waals surface area contributed by atoms with E-state index in [2.05, 4.69) is 0 Å². The van der Waals surface area contributed by atoms with Gasteiger partial charge in [0.25, 0.3) is 0 Å². The first-order valence-electron chi connectivity index (χ1n) is 8.15. The molecule has 3 atom stereocenters. The average molecular weight is 330 g/mol. The van der Waals surface area contributed by atoms with E-state index in [1.807, 2.05) is 18.7 Å². The van der Waals surface area contributed by atoms with Gasteiger partial charge in [0.1, 0.15) is 18.2 Å². The van der Waals surface area contributed by atoms with E-state index in [4.69, 9.17) is 4.74 Å². The zero-order valence-electron chi connectivity index (χ0n) is 14.0. The number of hydrogen-bond acceptors (Lipinski definition) is 4. The Kier molecular flexibility index (Phi) is 5.12. The lowest BCUT2D eigenvalue weighted by molar-refractivity contribution is -0.796. The molecule has 0 bridgehead atoms.